The molecule has 1 aromatic rings. The standard InChI is InChI=1S/C14H19BrN2O2/c1-3-10-9-17(7-6-16(10)2)11-4-5-12(14(18)19)13(15)8-11/h4-5,8,10H,3,6-7,9H2,1-2H3,(H,18,19). The Kier molecular flexibility index (Phi) is 4.47. The van der Waals surface area contributed by atoms with Crippen molar-refractivity contribution in [2.24, 2.45) is 0 Å². The second kappa shape index (κ2) is 5.92. The number of aromatic carboxylic acids is 1. The van der Waals surface area contributed by atoms with Gasteiger partial charge in [-0.2, -0.15) is 0 Å². The summed E-state index contributed by atoms with van der Waals surface area (Å²) >= 11 is 3.34. The fourth-order valence-corrected chi connectivity index (χ4v) is 3.03. The van der Waals surface area contributed by atoms with Gasteiger partial charge in [0.2, 0.25) is 0 Å². The van der Waals surface area contributed by atoms with Crippen molar-refractivity contribution < 1.29 is 9.90 Å². The number of carbonyl (C=O) groups is 1. The van der Waals surface area contributed by atoms with E-state index in [0.29, 0.717) is 16.1 Å². The van der Waals surface area contributed by atoms with Crippen LogP contribution in [0.5, 0.6) is 0 Å². The first kappa shape index (κ1) is 14.3. The number of piperazine rings is 1. The van der Waals surface area contributed by atoms with Crippen LogP contribution in [0.4, 0.5) is 5.69 Å². The fourth-order valence-electron chi connectivity index (χ4n) is 2.50. The van der Waals surface area contributed by atoms with Gasteiger partial charge in [-0.05, 0) is 47.6 Å². The van der Waals surface area contributed by atoms with Crippen molar-refractivity contribution in [3.05, 3.63) is 28.2 Å². The molecule has 1 unspecified atom stereocenters. The lowest BCUT2D eigenvalue weighted by atomic mass is 10.1. The lowest BCUT2D eigenvalue weighted by molar-refractivity contribution is 0.0696. The molecular formula is C14H19BrN2O2. The highest BCUT2D eigenvalue weighted by Crippen LogP contribution is 2.26. The molecule has 0 bridgehead atoms. The smallest absolute Gasteiger partial charge is 0.336 e. The van der Waals surface area contributed by atoms with Crippen molar-refractivity contribution in [3.63, 3.8) is 0 Å². The molecule has 0 saturated carbocycles. The van der Waals surface area contributed by atoms with E-state index in [0.717, 1.165) is 31.7 Å². The van der Waals surface area contributed by atoms with Gasteiger partial charge in [-0.3, -0.25) is 4.90 Å². The van der Waals surface area contributed by atoms with Crippen LogP contribution in [-0.2, 0) is 0 Å². The predicted molar refractivity (Wildman–Crippen MR) is 80.0 cm³/mol. The number of likely N-dealkylation sites (N-methyl/N-ethyl adjacent to an activating group) is 1. The molecule has 0 spiro atoms. The van der Waals surface area contributed by atoms with Crippen molar-refractivity contribution in [2.75, 3.05) is 31.6 Å². The third-order valence-corrected chi connectivity index (χ3v) is 4.45. The highest BCUT2D eigenvalue weighted by molar-refractivity contribution is 9.10. The summed E-state index contributed by atoms with van der Waals surface area (Å²) in [5.74, 6) is -0.900. The van der Waals surface area contributed by atoms with E-state index in [1.807, 2.05) is 12.1 Å². The molecule has 1 aromatic carbocycles. The Labute approximate surface area is 122 Å². The second-order valence-electron chi connectivity index (χ2n) is 4.96. The molecule has 1 aliphatic heterocycles. The summed E-state index contributed by atoms with van der Waals surface area (Å²) < 4.78 is 0.643. The average molecular weight is 327 g/mol. The average Bonchev–Trinajstić information content (AvgIpc) is 2.38. The van der Waals surface area contributed by atoms with Gasteiger partial charge in [0.05, 0.1) is 5.56 Å². The number of benzene rings is 1. The Morgan fingerprint density at radius 3 is 2.79 bits per heavy atom. The van der Waals surface area contributed by atoms with Gasteiger partial charge in [-0.15, -0.1) is 0 Å². The van der Waals surface area contributed by atoms with Crippen LogP contribution in [-0.4, -0.2) is 48.7 Å². The molecule has 1 N–H and O–H groups in total. The molecule has 1 atom stereocenters. The Morgan fingerprint density at radius 1 is 1.47 bits per heavy atom. The summed E-state index contributed by atoms with van der Waals surface area (Å²) in [6, 6.07) is 6.03. The van der Waals surface area contributed by atoms with E-state index >= 15 is 0 Å². The van der Waals surface area contributed by atoms with Crippen LogP contribution in [0.2, 0.25) is 0 Å². The lowest BCUT2D eigenvalue weighted by Gasteiger charge is -2.40. The highest BCUT2D eigenvalue weighted by Gasteiger charge is 2.23. The number of rotatable bonds is 3. The van der Waals surface area contributed by atoms with Gasteiger partial charge in [0.15, 0.2) is 0 Å². The molecule has 5 heteroatoms. The molecule has 19 heavy (non-hydrogen) atoms. The van der Waals surface area contributed by atoms with Crippen molar-refractivity contribution in [1.82, 2.24) is 4.90 Å². The lowest BCUT2D eigenvalue weighted by Crippen LogP contribution is -2.51. The number of nitrogens with zero attached hydrogens (tertiary/aromatic N) is 2. The Morgan fingerprint density at radius 2 is 2.21 bits per heavy atom. The molecule has 0 aromatic heterocycles. The molecule has 0 amide bonds. The predicted octanol–water partition coefficient (Wildman–Crippen LogP) is 2.68. The van der Waals surface area contributed by atoms with E-state index in [4.69, 9.17) is 5.11 Å². The van der Waals surface area contributed by atoms with Crippen LogP contribution in [0.25, 0.3) is 0 Å². The molecule has 2 rings (SSSR count). The molecule has 0 radical (unpaired) electrons. The van der Waals surface area contributed by atoms with Gasteiger partial charge in [0.1, 0.15) is 0 Å². The van der Waals surface area contributed by atoms with Crippen molar-refractivity contribution >= 4 is 27.6 Å². The van der Waals surface area contributed by atoms with Gasteiger partial charge in [-0.25, -0.2) is 4.79 Å². The quantitative estimate of drug-likeness (QED) is 0.927. The maximum atomic E-state index is 11.0. The zero-order valence-electron chi connectivity index (χ0n) is 11.3. The summed E-state index contributed by atoms with van der Waals surface area (Å²) in [5.41, 5.74) is 1.40. The van der Waals surface area contributed by atoms with Crippen LogP contribution in [0.3, 0.4) is 0 Å². The number of hydrogen-bond donors (Lipinski definition) is 1. The SMILES string of the molecule is CCC1CN(c2ccc(C(=O)O)c(Br)c2)CCN1C. The number of carboxylic acid groups (broad SMARTS) is 1. The monoisotopic (exact) mass is 326 g/mol. The largest absolute Gasteiger partial charge is 0.478 e. The molecule has 1 aliphatic rings. The minimum absolute atomic E-state index is 0.310. The molecule has 0 aliphatic carbocycles. The van der Waals surface area contributed by atoms with Gasteiger partial charge >= 0.3 is 5.97 Å². The Bertz CT molecular complexity index is 479. The number of carboxylic acids is 1. The van der Waals surface area contributed by atoms with Gasteiger partial charge < -0.3 is 10.0 Å². The van der Waals surface area contributed by atoms with E-state index in [2.05, 4.69) is 39.7 Å². The van der Waals surface area contributed by atoms with E-state index < -0.39 is 5.97 Å². The van der Waals surface area contributed by atoms with Crippen LogP contribution < -0.4 is 4.90 Å². The van der Waals surface area contributed by atoms with Crippen LogP contribution in [0, 0.1) is 0 Å². The number of halogens is 1. The topological polar surface area (TPSA) is 43.8 Å². The first-order valence-corrected chi connectivity index (χ1v) is 7.30. The molecule has 104 valence electrons. The second-order valence-corrected chi connectivity index (χ2v) is 5.81. The summed E-state index contributed by atoms with van der Waals surface area (Å²) in [6.07, 6.45) is 1.13. The van der Waals surface area contributed by atoms with E-state index in [-0.39, 0.29) is 0 Å². The fraction of sp³-hybridized carbons (Fsp3) is 0.500. The number of anilines is 1. The number of hydrogen-bond acceptors (Lipinski definition) is 3. The first-order chi connectivity index (χ1) is 9.02. The highest BCUT2D eigenvalue weighted by atomic mass is 79.9. The molecule has 1 heterocycles. The maximum Gasteiger partial charge on any atom is 0.336 e. The van der Waals surface area contributed by atoms with Crippen LogP contribution >= 0.6 is 15.9 Å². The van der Waals surface area contributed by atoms with Gasteiger partial charge in [-0.1, -0.05) is 6.92 Å². The summed E-state index contributed by atoms with van der Waals surface area (Å²) in [6.45, 7) is 5.21. The molecule has 1 saturated heterocycles. The molecule has 1 fully saturated rings. The zero-order valence-corrected chi connectivity index (χ0v) is 12.9. The van der Waals surface area contributed by atoms with Crippen LogP contribution in [0.1, 0.15) is 23.7 Å². The minimum atomic E-state index is -0.900. The van der Waals surface area contributed by atoms with Crippen molar-refractivity contribution in [3.8, 4) is 0 Å². The van der Waals surface area contributed by atoms with Crippen LogP contribution in [0.15, 0.2) is 22.7 Å². The van der Waals surface area contributed by atoms with Crippen molar-refractivity contribution in [1.29, 1.82) is 0 Å². The zero-order chi connectivity index (χ0) is 14.0. The minimum Gasteiger partial charge on any atom is -0.478 e. The molecule has 4 nitrogen and oxygen atoms in total. The van der Waals surface area contributed by atoms with E-state index in [1.165, 1.54) is 0 Å². The summed E-state index contributed by atoms with van der Waals surface area (Å²) in [4.78, 5) is 15.7. The maximum absolute atomic E-state index is 11.0. The Balaban J connectivity index is 2.18. The molecular weight excluding hydrogens is 308 g/mol. The van der Waals surface area contributed by atoms with E-state index in [1.54, 1.807) is 6.07 Å². The Hall–Kier alpha value is -1.07. The van der Waals surface area contributed by atoms with Crippen molar-refractivity contribution in [2.45, 2.75) is 19.4 Å². The first-order valence-electron chi connectivity index (χ1n) is 6.51. The summed E-state index contributed by atoms with van der Waals surface area (Å²) in [5, 5.41) is 9.03. The van der Waals surface area contributed by atoms with Gasteiger partial charge in [0.25, 0.3) is 0 Å². The third-order valence-electron chi connectivity index (χ3n) is 3.80. The third kappa shape index (κ3) is 3.09. The van der Waals surface area contributed by atoms with Gasteiger partial charge in [0, 0.05) is 35.8 Å². The summed E-state index contributed by atoms with van der Waals surface area (Å²) in [7, 11) is 2.16. The normalized spacial score (nSPS) is 20.6. The van der Waals surface area contributed by atoms with E-state index in [9.17, 15) is 4.79 Å².